The lowest BCUT2D eigenvalue weighted by Crippen LogP contribution is -2.51. The van der Waals surface area contributed by atoms with E-state index in [1.807, 2.05) is 48.6 Å². The minimum Gasteiger partial charge on any atom is -0.462 e. The van der Waals surface area contributed by atoms with Crippen molar-refractivity contribution in [3.05, 3.63) is 71.8 Å². The molecule has 240 valence electrons. The Balaban J connectivity index is 1.21. The topological polar surface area (TPSA) is 134 Å². The summed E-state index contributed by atoms with van der Waals surface area (Å²) in [6.45, 7) is 3.97. The Hall–Kier alpha value is -4.18. The fraction of sp³-hybridized carbons (Fsp3) is 0.486. The second kappa shape index (κ2) is 14.3. The largest absolute Gasteiger partial charge is 0.462 e. The third-order valence-electron chi connectivity index (χ3n) is 8.87. The van der Waals surface area contributed by atoms with Gasteiger partial charge in [0.2, 0.25) is 11.8 Å². The van der Waals surface area contributed by atoms with Crippen molar-refractivity contribution >= 4 is 23.9 Å². The standard InChI is InChI=1S/C35H43N3O7/c1-35(2)22-45-33(42)30(17-5-3-4-11-23(32(41)37-35)19-31(40)38-18-10-12-24(38)20-39)36-34(43)44-21-29-27-15-8-6-13-25(27)26-14-7-9-16-28(26)29/h3-4,6-9,13-16,23-24,29-30,39H,5,10-12,17-22H2,1-2H3,(H,36,43)(H,37,41). The molecule has 1 fully saturated rings. The average molecular weight is 618 g/mol. The van der Waals surface area contributed by atoms with E-state index >= 15 is 0 Å². The van der Waals surface area contributed by atoms with Gasteiger partial charge in [0.05, 0.1) is 24.1 Å². The van der Waals surface area contributed by atoms with Crippen LogP contribution < -0.4 is 10.6 Å². The summed E-state index contributed by atoms with van der Waals surface area (Å²) in [6.07, 6.45) is 5.64. The molecule has 10 nitrogen and oxygen atoms in total. The third-order valence-corrected chi connectivity index (χ3v) is 8.87. The van der Waals surface area contributed by atoms with Crippen LogP contribution in [0.15, 0.2) is 60.7 Å². The number of aliphatic hydroxyl groups excluding tert-OH is 1. The number of aliphatic hydroxyl groups is 1. The number of nitrogens with zero attached hydrogens (tertiary/aromatic N) is 1. The highest BCUT2D eigenvalue weighted by Crippen LogP contribution is 2.44. The number of benzene rings is 2. The Morgan fingerprint density at radius 3 is 2.42 bits per heavy atom. The number of hydrogen-bond donors (Lipinski definition) is 3. The maximum absolute atomic E-state index is 13.3. The van der Waals surface area contributed by atoms with E-state index in [9.17, 15) is 24.3 Å². The molecule has 0 radical (unpaired) electrons. The average Bonchev–Trinajstić information content (AvgIpc) is 3.63. The first-order valence-corrected chi connectivity index (χ1v) is 15.8. The lowest BCUT2D eigenvalue weighted by molar-refractivity contribution is -0.149. The number of alkyl carbamates (subject to hydrolysis) is 1. The Kier molecular flexibility index (Phi) is 10.2. The summed E-state index contributed by atoms with van der Waals surface area (Å²) in [5.74, 6) is -1.79. The van der Waals surface area contributed by atoms with Gasteiger partial charge in [0.15, 0.2) is 0 Å². The van der Waals surface area contributed by atoms with Crippen LogP contribution >= 0.6 is 0 Å². The molecule has 2 aromatic carbocycles. The van der Waals surface area contributed by atoms with Gasteiger partial charge in [0, 0.05) is 18.9 Å². The molecule has 2 aromatic rings. The van der Waals surface area contributed by atoms with Crippen molar-refractivity contribution in [3.8, 4) is 11.1 Å². The molecule has 2 heterocycles. The van der Waals surface area contributed by atoms with Gasteiger partial charge in [-0.1, -0.05) is 60.7 Å². The van der Waals surface area contributed by atoms with E-state index in [-0.39, 0.29) is 56.4 Å². The molecular weight excluding hydrogens is 574 g/mol. The Morgan fingerprint density at radius 1 is 1.04 bits per heavy atom. The zero-order valence-corrected chi connectivity index (χ0v) is 26.0. The van der Waals surface area contributed by atoms with Gasteiger partial charge in [-0.2, -0.15) is 0 Å². The van der Waals surface area contributed by atoms with Crippen molar-refractivity contribution in [2.24, 2.45) is 5.92 Å². The highest BCUT2D eigenvalue weighted by Gasteiger charge is 2.34. The van der Waals surface area contributed by atoms with E-state index in [0.29, 0.717) is 19.4 Å². The molecule has 3 N–H and O–H groups in total. The first kappa shape index (κ1) is 32.2. The van der Waals surface area contributed by atoms with Crippen molar-refractivity contribution in [2.45, 2.75) is 75.9 Å². The van der Waals surface area contributed by atoms with Gasteiger partial charge in [0.1, 0.15) is 19.3 Å². The van der Waals surface area contributed by atoms with Crippen molar-refractivity contribution in [3.63, 3.8) is 0 Å². The molecule has 0 bridgehead atoms. The highest BCUT2D eigenvalue weighted by molar-refractivity contribution is 5.87. The van der Waals surface area contributed by atoms with E-state index in [1.165, 1.54) is 0 Å². The lowest BCUT2D eigenvalue weighted by atomic mass is 9.96. The summed E-state index contributed by atoms with van der Waals surface area (Å²) in [4.78, 5) is 54.1. The lowest BCUT2D eigenvalue weighted by Gasteiger charge is -2.30. The second-order valence-electron chi connectivity index (χ2n) is 12.8. The predicted molar refractivity (Wildman–Crippen MR) is 168 cm³/mol. The number of amides is 3. The van der Waals surface area contributed by atoms with Crippen LogP contribution in [0.5, 0.6) is 0 Å². The number of fused-ring (bicyclic) bond motifs is 3. The Labute approximate surface area is 264 Å². The first-order chi connectivity index (χ1) is 21.7. The van der Waals surface area contributed by atoms with Crippen molar-refractivity contribution < 1.29 is 33.8 Å². The maximum Gasteiger partial charge on any atom is 0.407 e. The van der Waals surface area contributed by atoms with E-state index in [1.54, 1.807) is 18.7 Å². The van der Waals surface area contributed by atoms with Gasteiger partial charge in [-0.3, -0.25) is 9.59 Å². The molecule has 0 saturated carbocycles. The molecule has 2 aliphatic heterocycles. The monoisotopic (exact) mass is 617 g/mol. The number of allylic oxidation sites excluding steroid dienone is 2. The first-order valence-electron chi connectivity index (χ1n) is 15.8. The van der Waals surface area contributed by atoms with E-state index in [2.05, 4.69) is 22.8 Å². The SMILES string of the molecule is CC1(C)COC(=O)C(NC(=O)OCC2c3ccccc3-c3ccccc32)CCC=CCC(CC(=O)N2CCCC2CO)C(=O)N1. The number of hydrogen-bond acceptors (Lipinski definition) is 7. The number of carbonyl (C=O) groups excluding carboxylic acids is 4. The fourth-order valence-corrected chi connectivity index (χ4v) is 6.46. The fourth-order valence-electron chi connectivity index (χ4n) is 6.46. The minimum atomic E-state index is -0.944. The number of cyclic esters (lactones) is 1. The summed E-state index contributed by atoms with van der Waals surface area (Å²) in [5, 5.41) is 15.3. The normalized spacial score (nSPS) is 23.4. The van der Waals surface area contributed by atoms with Gasteiger partial charge < -0.3 is 30.1 Å². The van der Waals surface area contributed by atoms with Gasteiger partial charge >= 0.3 is 12.1 Å². The molecule has 1 aliphatic carbocycles. The number of carbonyl (C=O) groups is 4. The summed E-state index contributed by atoms with van der Waals surface area (Å²) < 4.78 is 11.2. The van der Waals surface area contributed by atoms with Crippen molar-refractivity contribution in [2.75, 3.05) is 26.4 Å². The number of ether oxygens (including phenoxy) is 2. The zero-order chi connectivity index (χ0) is 32.0. The molecule has 3 unspecified atom stereocenters. The second-order valence-corrected chi connectivity index (χ2v) is 12.8. The summed E-state index contributed by atoms with van der Waals surface area (Å²) in [5.41, 5.74) is 3.52. The summed E-state index contributed by atoms with van der Waals surface area (Å²) >= 11 is 0. The number of likely N-dealkylation sites (tertiary alicyclic amines) is 1. The van der Waals surface area contributed by atoms with Gasteiger partial charge in [-0.15, -0.1) is 0 Å². The maximum atomic E-state index is 13.3. The van der Waals surface area contributed by atoms with Crippen LogP contribution in [0, 0.1) is 5.92 Å². The molecule has 3 aliphatic rings. The zero-order valence-electron chi connectivity index (χ0n) is 26.0. The van der Waals surface area contributed by atoms with Gasteiger partial charge in [-0.25, -0.2) is 9.59 Å². The van der Waals surface area contributed by atoms with Crippen LogP contribution in [0.2, 0.25) is 0 Å². The third kappa shape index (κ3) is 7.73. The molecule has 5 rings (SSSR count). The molecule has 0 spiro atoms. The van der Waals surface area contributed by atoms with Crippen molar-refractivity contribution in [1.29, 1.82) is 0 Å². The molecule has 3 atom stereocenters. The predicted octanol–water partition coefficient (Wildman–Crippen LogP) is 4.06. The van der Waals surface area contributed by atoms with Crippen LogP contribution in [0.25, 0.3) is 11.1 Å². The number of nitrogens with one attached hydrogen (secondary N) is 2. The van der Waals surface area contributed by atoms with Crippen LogP contribution in [-0.2, 0) is 23.9 Å². The van der Waals surface area contributed by atoms with Crippen molar-refractivity contribution in [1.82, 2.24) is 15.5 Å². The quantitative estimate of drug-likeness (QED) is 0.329. The molecule has 0 aromatic heterocycles. The molecule has 45 heavy (non-hydrogen) atoms. The smallest absolute Gasteiger partial charge is 0.407 e. The Bertz CT molecular complexity index is 1390. The summed E-state index contributed by atoms with van der Waals surface area (Å²) in [6, 6.07) is 15.0. The molecule has 3 amide bonds. The van der Waals surface area contributed by atoms with Crippen LogP contribution in [0.1, 0.15) is 69.4 Å². The van der Waals surface area contributed by atoms with Gasteiger partial charge in [-0.05, 0) is 68.2 Å². The number of rotatable bonds is 6. The van der Waals surface area contributed by atoms with E-state index < -0.39 is 29.6 Å². The molecule has 10 heteroatoms. The Morgan fingerprint density at radius 2 is 1.73 bits per heavy atom. The van der Waals surface area contributed by atoms with Gasteiger partial charge in [0.25, 0.3) is 0 Å². The molecule has 1 saturated heterocycles. The molecular formula is C35H43N3O7. The minimum absolute atomic E-state index is 0.0223. The highest BCUT2D eigenvalue weighted by atomic mass is 16.6. The van der Waals surface area contributed by atoms with E-state index in [0.717, 1.165) is 35.1 Å². The van der Waals surface area contributed by atoms with Crippen LogP contribution in [-0.4, -0.2) is 77.9 Å². The number of esters is 1. The summed E-state index contributed by atoms with van der Waals surface area (Å²) in [7, 11) is 0. The van der Waals surface area contributed by atoms with E-state index in [4.69, 9.17) is 9.47 Å². The van der Waals surface area contributed by atoms with Crippen LogP contribution in [0.3, 0.4) is 0 Å². The van der Waals surface area contributed by atoms with Crippen LogP contribution in [0.4, 0.5) is 4.79 Å².